The van der Waals surface area contributed by atoms with Crippen LogP contribution < -0.4 is 15.2 Å². The van der Waals surface area contributed by atoms with Gasteiger partial charge in [0.25, 0.3) is 0 Å². The number of benzene rings is 1. The van der Waals surface area contributed by atoms with Gasteiger partial charge in [-0.15, -0.1) is 0 Å². The fraction of sp³-hybridized carbons (Fsp3) is 0.545. The number of carboxylic acid groups (broad SMARTS) is 1. The number of carboxylic acids is 1. The van der Waals surface area contributed by atoms with Gasteiger partial charge in [-0.2, -0.15) is 0 Å². The van der Waals surface area contributed by atoms with Gasteiger partial charge in [-0.1, -0.05) is 13.0 Å². The van der Waals surface area contributed by atoms with Crippen LogP contribution in [0.1, 0.15) is 52.0 Å². The average molecular weight is 469 g/mol. The normalized spacial score (nSPS) is 13.8. The maximum Gasteiger partial charge on any atom is 0.513 e. The zero-order valence-electron chi connectivity index (χ0n) is 19.6. The molecule has 3 N–H and O–H groups in total. The predicted octanol–water partition coefficient (Wildman–Crippen LogP) is 3.23. The SMILES string of the molecule is CCC(C)(C)C(=O)OC(C)CC(c1ccc(OC(=O)OC)c(OC(=O)OC)c1)[C@H](N)C(=O)O. The zero-order valence-corrected chi connectivity index (χ0v) is 19.6. The molecule has 0 aliphatic heterocycles. The Morgan fingerprint density at radius 2 is 1.58 bits per heavy atom. The predicted molar refractivity (Wildman–Crippen MR) is 115 cm³/mol. The number of methoxy groups -OCH3 is 2. The third-order valence-corrected chi connectivity index (χ3v) is 5.17. The Labute approximate surface area is 192 Å². The van der Waals surface area contributed by atoms with E-state index >= 15 is 0 Å². The van der Waals surface area contributed by atoms with Crippen LogP contribution in [0.15, 0.2) is 18.2 Å². The highest BCUT2D eigenvalue weighted by Crippen LogP contribution is 2.35. The number of hydrogen-bond acceptors (Lipinski definition) is 10. The van der Waals surface area contributed by atoms with Crippen molar-refractivity contribution < 1.29 is 48.0 Å². The molecule has 2 unspecified atom stereocenters. The highest BCUT2D eigenvalue weighted by atomic mass is 16.7. The maximum absolute atomic E-state index is 12.4. The van der Waals surface area contributed by atoms with Crippen LogP contribution in [-0.2, 0) is 23.8 Å². The van der Waals surface area contributed by atoms with E-state index in [0.29, 0.717) is 12.0 Å². The van der Waals surface area contributed by atoms with E-state index in [9.17, 15) is 24.3 Å². The van der Waals surface area contributed by atoms with E-state index < -0.39 is 47.7 Å². The van der Waals surface area contributed by atoms with Crippen molar-refractivity contribution in [3.63, 3.8) is 0 Å². The van der Waals surface area contributed by atoms with Crippen molar-refractivity contribution in [1.82, 2.24) is 0 Å². The third kappa shape index (κ3) is 7.94. The summed E-state index contributed by atoms with van der Waals surface area (Å²) in [6.07, 6.45) is -2.20. The Hall–Kier alpha value is -3.34. The quantitative estimate of drug-likeness (QED) is 0.294. The second-order valence-corrected chi connectivity index (χ2v) is 7.98. The lowest BCUT2D eigenvalue weighted by Gasteiger charge is -2.28. The molecule has 0 fully saturated rings. The van der Waals surface area contributed by atoms with Gasteiger partial charge in [0.1, 0.15) is 6.04 Å². The average Bonchev–Trinajstić information content (AvgIpc) is 2.77. The van der Waals surface area contributed by atoms with E-state index in [4.69, 9.17) is 19.9 Å². The minimum Gasteiger partial charge on any atom is -0.480 e. The fourth-order valence-corrected chi connectivity index (χ4v) is 2.74. The number of carbonyl (C=O) groups is 4. The minimum absolute atomic E-state index is 0.0634. The summed E-state index contributed by atoms with van der Waals surface area (Å²) in [5, 5.41) is 9.51. The summed E-state index contributed by atoms with van der Waals surface area (Å²) in [6, 6.07) is 2.68. The second kappa shape index (κ2) is 12.0. The lowest BCUT2D eigenvalue weighted by atomic mass is 9.86. The summed E-state index contributed by atoms with van der Waals surface area (Å²) in [4.78, 5) is 47.2. The van der Waals surface area contributed by atoms with Gasteiger partial charge >= 0.3 is 24.2 Å². The Bertz CT molecular complexity index is 867. The minimum atomic E-state index is -1.37. The number of nitrogens with two attached hydrogens (primary N) is 1. The van der Waals surface area contributed by atoms with Crippen LogP contribution in [0.25, 0.3) is 0 Å². The van der Waals surface area contributed by atoms with Crippen molar-refractivity contribution >= 4 is 24.2 Å². The van der Waals surface area contributed by atoms with Crippen LogP contribution >= 0.6 is 0 Å². The molecule has 0 bridgehead atoms. The molecular formula is C22H31NO10. The van der Waals surface area contributed by atoms with Crippen molar-refractivity contribution in [2.45, 2.75) is 58.6 Å². The Balaban J connectivity index is 3.31. The first-order valence-corrected chi connectivity index (χ1v) is 10.2. The number of hydrogen-bond donors (Lipinski definition) is 2. The second-order valence-electron chi connectivity index (χ2n) is 7.98. The van der Waals surface area contributed by atoms with Crippen LogP contribution in [0.5, 0.6) is 11.5 Å². The van der Waals surface area contributed by atoms with E-state index in [2.05, 4.69) is 9.47 Å². The van der Waals surface area contributed by atoms with E-state index in [1.807, 2.05) is 6.92 Å². The first-order chi connectivity index (χ1) is 15.4. The van der Waals surface area contributed by atoms with E-state index in [1.54, 1.807) is 20.8 Å². The lowest BCUT2D eigenvalue weighted by molar-refractivity contribution is -0.159. The molecule has 1 aromatic rings. The molecule has 0 radical (unpaired) electrons. The van der Waals surface area contributed by atoms with Gasteiger partial charge in [-0.05, 0) is 51.3 Å². The highest BCUT2D eigenvalue weighted by Gasteiger charge is 2.33. The van der Waals surface area contributed by atoms with E-state index in [0.717, 1.165) is 14.2 Å². The summed E-state index contributed by atoms with van der Waals surface area (Å²) in [5.74, 6) is -2.93. The summed E-state index contributed by atoms with van der Waals surface area (Å²) in [6.45, 7) is 6.99. The van der Waals surface area contributed by atoms with Crippen LogP contribution in [0.4, 0.5) is 9.59 Å². The molecule has 1 rings (SSSR count). The van der Waals surface area contributed by atoms with Crippen LogP contribution in [0, 0.1) is 5.41 Å². The molecule has 0 saturated heterocycles. The van der Waals surface area contributed by atoms with Crippen LogP contribution in [0.3, 0.4) is 0 Å². The molecule has 184 valence electrons. The monoisotopic (exact) mass is 469 g/mol. The maximum atomic E-state index is 12.4. The number of aliphatic carboxylic acids is 1. The first kappa shape index (κ1) is 27.7. The Morgan fingerprint density at radius 3 is 2.06 bits per heavy atom. The zero-order chi connectivity index (χ0) is 25.3. The molecule has 11 nitrogen and oxygen atoms in total. The largest absolute Gasteiger partial charge is 0.513 e. The molecule has 0 aliphatic rings. The molecule has 3 atom stereocenters. The van der Waals surface area contributed by atoms with Crippen LogP contribution in [-0.4, -0.2) is 55.7 Å². The van der Waals surface area contributed by atoms with Crippen molar-refractivity contribution in [3.05, 3.63) is 23.8 Å². The van der Waals surface area contributed by atoms with Crippen molar-refractivity contribution in [1.29, 1.82) is 0 Å². The summed E-state index contributed by atoms with van der Waals surface area (Å²) in [7, 11) is 2.19. The molecule has 0 heterocycles. The molecular weight excluding hydrogens is 438 g/mol. The van der Waals surface area contributed by atoms with Gasteiger partial charge < -0.3 is 34.5 Å². The Morgan fingerprint density at radius 1 is 1.03 bits per heavy atom. The molecule has 0 aliphatic carbocycles. The summed E-state index contributed by atoms with van der Waals surface area (Å²) < 4.78 is 24.4. The molecule has 0 spiro atoms. The molecule has 0 amide bonds. The van der Waals surface area contributed by atoms with Gasteiger partial charge in [0.05, 0.1) is 25.7 Å². The van der Waals surface area contributed by atoms with Crippen molar-refractivity contribution in [3.8, 4) is 11.5 Å². The molecule has 33 heavy (non-hydrogen) atoms. The number of carbonyl (C=O) groups excluding carboxylic acids is 3. The van der Waals surface area contributed by atoms with Gasteiger partial charge in [-0.25, -0.2) is 9.59 Å². The number of rotatable bonds is 10. The standard InChI is InChI=1S/C22H31NO10/c1-7-22(3,4)19(26)31-12(2)10-14(17(23)18(24)25)13-8-9-15(32-20(27)29-5)16(11-13)33-21(28)30-6/h8-9,11-12,14,17H,7,10,23H2,1-6H3,(H,24,25)/t12?,14?,17-/m0/s1. The van der Waals surface area contributed by atoms with Gasteiger partial charge in [-0.3, -0.25) is 9.59 Å². The van der Waals surface area contributed by atoms with Gasteiger partial charge in [0, 0.05) is 5.92 Å². The first-order valence-electron chi connectivity index (χ1n) is 10.2. The van der Waals surface area contributed by atoms with Gasteiger partial charge in [0.15, 0.2) is 11.5 Å². The van der Waals surface area contributed by atoms with Crippen molar-refractivity contribution in [2.75, 3.05) is 14.2 Å². The van der Waals surface area contributed by atoms with E-state index in [1.165, 1.54) is 18.2 Å². The third-order valence-electron chi connectivity index (χ3n) is 5.17. The molecule has 0 aromatic heterocycles. The van der Waals surface area contributed by atoms with E-state index in [-0.39, 0.29) is 17.9 Å². The lowest BCUT2D eigenvalue weighted by Crippen LogP contribution is -2.39. The van der Waals surface area contributed by atoms with Crippen LogP contribution in [0.2, 0.25) is 0 Å². The van der Waals surface area contributed by atoms with Gasteiger partial charge in [0.2, 0.25) is 0 Å². The molecule has 0 saturated carbocycles. The fourth-order valence-electron chi connectivity index (χ4n) is 2.74. The Kier molecular flexibility index (Phi) is 10.1. The van der Waals surface area contributed by atoms with Crippen molar-refractivity contribution in [2.24, 2.45) is 11.1 Å². The number of ether oxygens (including phenoxy) is 5. The summed E-state index contributed by atoms with van der Waals surface area (Å²) in [5.41, 5.74) is 5.57. The highest BCUT2D eigenvalue weighted by molar-refractivity contribution is 5.76. The number of esters is 1. The summed E-state index contributed by atoms with van der Waals surface area (Å²) >= 11 is 0. The molecule has 1 aromatic carbocycles. The smallest absolute Gasteiger partial charge is 0.480 e. The molecule has 11 heteroatoms. The topological polar surface area (TPSA) is 161 Å².